The third-order valence-electron chi connectivity index (χ3n) is 4.61. The molecule has 5 heteroatoms. The number of fused-ring (bicyclic) bond motifs is 1. The Kier molecular flexibility index (Phi) is 3.83. The average molecular weight is 301 g/mol. The molecular weight excluding hydrogens is 278 g/mol. The Bertz CT molecular complexity index is 693. The van der Waals surface area contributed by atoms with E-state index in [0.717, 1.165) is 47.1 Å². The first kappa shape index (κ1) is 14.9. The number of aryl methyl sites for hydroxylation is 1. The van der Waals surface area contributed by atoms with E-state index in [9.17, 15) is 0 Å². The fourth-order valence-electron chi connectivity index (χ4n) is 3.27. The minimum absolute atomic E-state index is 0.193. The summed E-state index contributed by atoms with van der Waals surface area (Å²) < 4.78 is 13.0. The lowest BCUT2D eigenvalue weighted by molar-refractivity contribution is 0.355. The zero-order chi connectivity index (χ0) is 15.9. The zero-order valence-electron chi connectivity index (χ0n) is 13.6. The Morgan fingerprint density at radius 1 is 1.23 bits per heavy atom. The lowest BCUT2D eigenvalue weighted by Gasteiger charge is -2.29. The van der Waals surface area contributed by atoms with Crippen molar-refractivity contribution in [2.75, 3.05) is 14.2 Å². The number of hydrogen-bond donors (Lipinski definition) is 1. The Balaban J connectivity index is 2.09. The van der Waals surface area contributed by atoms with Crippen molar-refractivity contribution in [2.24, 2.45) is 5.73 Å². The second-order valence-corrected chi connectivity index (χ2v) is 5.84. The van der Waals surface area contributed by atoms with Crippen LogP contribution in [0.2, 0.25) is 0 Å². The predicted octanol–water partition coefficient (Wildman–Crippen LogP) is 2.71. The topological polar surface area (TPSA) is 62.3 Å². The first-order valence-corrected chi connectivity index (χ1v) is 7.62. The van der Waals surface area contributed by atoms with Gasteiger partial charge in [0.15, 0.2) is 11.5 Å². The van der Waals surface area contributed by atoms with Crippen LogP contribution in [0.1, 0.15) is 30.9 Å². The van der Waals surface area contributed by atoms with Crippen LogP contribution in [-0.4, -0.2) is 29.8 Å². The van der Waals surface area contributed by atoms with Crippen LogP contribution in [0, 0.1) is 6.92 Å². The lowest BCUT2D eigenvalue weighted by atomic mass is 10.0. The third-order valence-corrected chi connectivity index (χ3v) is 4.61. The van der Waals surface area contributed by atoms with Gasteiger partial charge in [-0.05, 0) is 38.5 Å². The van der Waals surface area contributed by atoms with Crippen LogP contribution in [0.5, 0.6) is 11.5 Å². The van der Waals surface area contributed by atoms with Crippen molar-refractivity contribution < 1.29 is 9.47 Å². The van der Waals surface area contributed by atoms with Gasteiger partial charge in [-0.2, -0.15) is 0 Å². The first-order chi connectivity index (χ1) is 10.6. The Hall–Kier alpha value is -2.01. The molecule has 0 radical (unpaired) electrons. The maximum absolute atomic E-state index is 6.21. The first-order valence-electron chi connectivity index (χ1n) is 7.62. The van der Waals surface area contributed by atoms with Crippen molar-refractivity contribution in [1.29, 1.82) is 0 Å². The molecular formula is C17H23N3O2. The van der Waals surface area contributed by atoms with Gasteiger partial charge in [-0.25, -0.2) is 4.98 Å². The molecule has 1 aromatic heterocycles. The van der Waals surface area contributed by atoms with Gasteiger partial charge in [0.1, 0.15) is 5.82 Å². The second-order valence-electron chi connectivity index (χ2n) is 5.84. The minimum Gasteiger partial charge on any atom is -0.493 e. The maximum atomic E-state index is 6.21. The molecule has 0 spiro atoms. The summed E-state index contributed by atoms with van der Waals surface area (Å²) in [5, 5.41) is 0. The van der Waals surface area contributed by atoms with Gasteiger partial charge in [-0.3, -0.25) is 0 Å². The van der Waals surface area contributed by atoms with E-state index in [2.05, 4.69) is 18.4 Å². The van der Waals surface area contributed by atoms with Gasteiger partial charge in [0.05, 0.1) is 19.9 Å². The molecule has 2 heterocycles. The molecule has 22 heavy (non-hydrogen) atoms. The average Bonchev–Trinajstić information content (AvgIpc) is 2.87. The molecule has 3 rings (SSSR count). The van der Waals surface area contributed by atoms with Crippen molar-refractivity contribution in [2.45, 2.75) is 38.8 Å². The van der Waals surface area contributed by atoms with Gasteiger partial charge in [0, 0.05) is 29.8 Å². The number of benzene rings is 1. The second kappa shape index (κ2) is 5.65. The van der Waals surface area contributed by atoms with Crippen LogP contribution < -0.4 is 15.2 Å². The summed E-state index contributed by atoms with van der Waals surface area (Å²) >= 11 is 0. The molecule has 2 aromatic rings. The fourth-order valence-corrected chi connectivity index (χ4v) is 3.27. The maximum Gasteiger partial charge on any atom is 0.161 e. The lowest BCUT2D eigenvalue weighted by Crippen LogP contribution is -2.36. The summed E-state index contributed by atoms with van der Waals surface area (Å²) in [7, 11) is 3.29. The normalized spacial score (nSPS) is 20.6. The number of ether oxygens (including phenoxy) is 2. The standard InChI is InChI=1S/C17H23N3O2/c1-10-13(18)6-8-16-19-17(11(2)20(10)16)12-5-7-14(21-3)15(9-12)22-4/h5,7,9-10,13H,6,8,18H2,1-4H3. The van der Waals surface area contributed by atoms with Crippen molar-refractivity contribution in [3.8, 4) is 22.8 Å². The van der Waals surface area contributed by atoms with Gasteiger partial charge in [0.2, 0.25) is 0 Å². The Labute approximate surface area is 131 Å². The molecule has 0 aliphatic carbocycles. The van der Waals surface area contributed by atoms with Gasteiger partial charge in [0.25, 0.3) is 0 Å². The molecule has 0 bridgehead atoms. The van der Waals surface area contributed by atoms with E-state index in [-0.39, 0.29) is 12.1 Å². The number of nitrogens with two attached hydrogens (primary N) is 1. The van der Waals surface area contributed by atoms with Gasteiger partial charge >= 0.3 is 0 Å². The molecule has 0 amide bonds. The van der Waals surface area contributed by atoms with Gasteiger partial charge in [-0.15, -0.1) is 0 Å². The molecule has 1 aromatic carbocycles. The molecule has 1 aliphatic rings. The molecule has 118 valence electrons. The highest BCUT2D eigenvalue weighted by Crippen LogP contribution is 2.35. The van der Waals surface area contributed by atoms with E-state index < -0.39 is 0 Å². The zero-order valence-corrected chi connectivity index (χ0v) is 13.6. The molecule has 0 saturated carbocycles. The highest BCUT2D eigenvalue weighted by Gasteiger charge is 2.27. The van der Waals surface area contributed by atoms with E-state index in [0.29, 0.717) is 0 Å². The highest BCUT2D eigenvalue weighted by molar-refractivity contribution is 5.66. The van der Waals surface area contributed by atoms with Crippen molar-refractivity contribution in [3.05, 3.63) is 29.7 Å². The number of imidazole rings is 1. The molecule has 2 N–H and O–H groups in total. The fraction of sp³-hybridized carbons (Fsp3) is 0.471. The largest absolute Gasteiger partial charge is 0.493 e. The molecule has 0 fully saturated rings. The SMILES string of the molecule is COc1ccc(-c2nc3n(c2C)C(C)C(N)CC3)cc1OC. The van der Waals surface area contributed by atoms with Gasteiger partial charge < -0.3 is 19.8 Å². The molecule has 2 atom stereocenters. The van der Waals surface area contributed by atoms with E-state index in [1.165, 1.54) is 0 Å². The molecule has 1 aliphatic heterocycles. The van der Waals surface area contributed by atoms with Crippen LogP contribution in [0.15, 0.2) is 18.2 Å². The Morgan fingerprint density at radius 2 is 1.95 bits per heavy atom. The highest BCUT2D eigenvalue weighted by atomic mass is 16.5. The van der Waals surface area contributed by atoms with E-state index in [1.807, 2.05) is 18.2 Å². The van der Waals surface area contributed by atoms with Gasteiger partial charge in [-0.1, -0.05) is 0 Å². The monoisotopic (exact) mass is 301 g/mol. The van der Waals surface area contributed by atoms with Crippen molar-refractivity contribution in [1.82, 2.24) is 9.55 Å². The van der Waals surface area contributed by atoms with E-state index >= 15 is 0 Å². The number of methoxy groups -OCH3 is 2. The van der Waals surface area contributed by atoms with E-state index in [1.54, 1.807) is 14.2 Å². The quantitative estimate of drug-likeness (QED) is 0.947. The third kappa shape index (κ3) is 2.25. The predicted molar refractivity (Wildman–Crippen MR) is 86.5 cm³/mol. The van der Waals surface area contributed by atoms with Crippen LogP contribution in [0.4, 0.5) is 0 Å². The number of rotatable bonds is 3. The summed E-state index contributed by atoms with van der Waals surface area (Å²) in [4.78, 5) is 4.85. The number of nitrogens with zero attached hydrogens (tertiary/aromatic N) is 2. The summed E-state index contributed by atoms with van der Waals surface area (Å²) in [6.07, 6.45) is 1.92. The number of aromatic nitrogens is 2. The van der Waals surface area contributed by atoms with Crippen LogP contribution in [0.25, 0.3) is 11.3 Å². The van der Waals surface area contributed by atoms with Crippen LogP contribution in [-0.2, 0) is 6.42 Å². The minimum atomic E-state index is 0.193. The summed E-state index contributed by atoms with van der Waals surface area (Å²) in [5.74, 6) is 2.56. The summed E-state index contributed by atoms with van der Waals surface area (Å²) in [6.45, 7) is 4.28. The van der Waals surface area contributed by atoms with E-state index in [4.69, 9.17) is 20.2 Å². The van der Waals surface area contributed by atoms with Crippen LogP contribution >= 0.6 is 0 Å². The molecule has 5 nitrogen and oxygen atoms in total. The van der Waals surface area contributed by atoms with Crippen LogP contribution in [0.3, 0.4) is 0 Å². The summed E-state index contributed by atoms with van der Waals surface area (Å²) in [6, 6.07) is 6.39. The van der Waals surface area contributed by atoms with Crippen molar-refractivity contribution >= 4 is 0 Å². The smallest absolute Gasteiger partial charge is 0.161 e. The summed E-state index contributed by atoms with van der Waals surface area (Å²) in [5.41, 5.74) is 9.40. The number of hydrogen-bond acceptors (Lipinski definition) is 4. The molecule has 2 unspecified atom stereocenters. The Morgan fingerprint density at radius 3 is 2.64 bits per heavy atom. The van der Waals surface area contributed by atoms with Crippen molar-refractivity contribution in [3.63, 3.8) is 0 Å². The molecule has 0 saturated heterocycles.